The van der Waals surface area contributed by atoms with Crippen LogP contribution in [-0.2, 0) is 0 Å². The summed E-state index contributed by atoms with van der Waals surface area (Å²) in [5.74, 6) is 1.58. The fraction of sp³-hybridized carbons (Fsp3) is 0.250. The molecule has 1 aliphatic rings. The van der Waals surface area contributed by atoms with Crippen LogP contribution in [0.3, 0.4) is 0 Å². The molecular weight excluding hydrogens is 306 g/mol. The fourth-order valence-electron chi connectivity index (χ4n) is 2.10. The Morgan fingerprint density at radius 3 is 2.57 bits per heavy atom. The first-order valence-corrected chi connectivity index (χ1v) is 7.95. The SMILES string of the molecule is C[C@H](N)c1ccc(Sc2ccc3c(c2)OCCO3)c(Cl)c1. The Balaban J connectivity index is 1.83. The Hall–Kier alpha value is -1.36. The number of nitrogens with two attached hydrogens (primary N) is 1. The number of hydrogen-bond donors (Lipinski definition) is 1. The van der Waals surface area contributed by atoms with E-state index in [1.165, 1.54) is 0 Å². The molecule has 1 aliphatic heterocycles. The molecule has 0 fully saturated rings. The maximum absolute atomic E-state index is 6.33. The molecule has 0 bridgehead atoms. The molecule has 0 saturated carbocycles. The first kappa shape index (κ1) is 14.6. The van der Waals surface area contributed by atoms with Crippen LogP contribution in [0.4, 0.5) is 0 Å². The number of fused-ring (bicyclic) bond motifs is 1. The highest BCUT2D eigenvalue weighted by molar-refractivity contribution is 7.99. The third-order valence-electron chi connectivity index (χ3n) is 3.22. The van der Waals surface area contributed by atoms with E-state index in [1.54, 1.807) is 11.8 Å². The lowest BCUT2D eigenvalue weighted by atomic mass is 10.1. The number of benzene rings is 2. The molecule has 2 N–H and O–H groups in total. The van der Waals surface area contributed by atoms with Gasteiger partial charge in [0.15, 0.2) is 11.5 Å². The summed E-state index contributed by atoms with van der Waals surface area (Å²) >= 11 is 7.93. The molecule has 1 atom stereocenters. The second-order valence-corrected chi connectivity index (χ2v) is 6.41. The van der Waals surface area contributed by atoms with Crippen LogP contribution in [0, 0.1) is 0 Å². The minimum absolute atomic E-state index is 0.0177. The third kappa shape index (κ3) is 3.28. The van der Waals surface area contributed by atoms with Crippen molar-refractivity contribution in [3.8, 4) is 11.5 Å². The van der Waals surface area contributed by atoms with Gasteiger partial charge < -0.3 is 15.2 Å². The second-order valence-electron chi connectivity index (χ2n) is 4.89. The van der Waals surface area contributed by atoms with Crippen molar-refractivity contribution < 1.29 is 9.47 Å². The van der Waals surface area contributed by atoms with E-state index in [4.69, 9.17) is 26.8 Å². The quantitative estimate of drug-likeness (QED) is 0.916. The average molecular weight is 322 g/mol. The summed E-state index contributed by atoms with van der Waals surface area (Å²) in [6.07, 6.45) is 0. The van der Waals surface area contributed by atoms with Gasteiger partial charge in [-0.1, -0.05) is 29.4 Å². The average Bonchev–Trinajstić information content (AvgIpc) is 2.49. The molecule has 5 heteroatoms. The van der Waals surface area contributed by atoms with E-state index in [1.807, 2.05) is 43.3 Å². The molecule has 110 valence electrons. The van der Waals surface area contributed by atoms with Crippen molar-refractivity contribution in [1.82, 2.24) is 0 Å². The van der Waals surface area contributed by atoms with E-state index in [2.05, 4.69) is 0 Å². The Bertz CT molecular complexity index is 661. The van der Waals surface area contributed by atoms with E-state index in [-0.39, 0.29) is 6.04 Å². The van der Waals surface area contributed by atoms with Crippen molar-refractivity contribution in [2.24, 2.45) is 5.73 Å². The molecule has 2 aromatic rings. The molecule has 0 amide bonds. The van der Waals surface area contributed by atoms with E-state index in [0.29, 0.717) is 18.2 Å². The van der Waals surface area contributed by atoms with Crippen LogP contribution in [0.2, 0.25) is 5.02 Å². The molecule has 3 nitrogen and oxygen atoms in total. The normalized spacial score (nSPS) is 14.8. The minimum atomic E-state index is -0.0177. The molecule has 0 radical (unpaired) electrons. The molecule has 0 spiro atoms. The van der Waals surface area contributed by atoms with Gasteiger partial charge in [-0.2, -0.15) is 0 Å². The van der Waals surface area contributed by atoms with Crippen LogP contribution in [0.5, 0.6) is 11.5 Å². The first-order chi connectivity index (χ1) is 10.1. The van der Waals surface area contributed by atoms with Gasteiger partial charge in [-0.3, -0.25) is 0 Å². The number of ether oxygens (including phenoxy) is 2. The summed E-state index contributed by atoms with van der Waals surface area (Å²) in [5, 5.41) is 0.713. The molecule has 1 heterocycles. The van der Waals surface area contributed by atoms with Gasteiger partial charge in [0, 0.05) is 15.8 Å². The van der Waals surface area contributed by atoms with E-state index >= 15 is 0 Å². The molecule has 2 aromatic carbocycles. The third-order valence-corrected chi connectivity index (χ3v) is 4.71. The van der Waals surface area contributed by atoms with Gasteiger partial charge in [-0.25, -0.2) is 0 Å². The standard InChI is InChI=1S/C16H16ClNO2S/c1-10(18)11-2-5-16(13(17)8-11)21-12-3-4-14-15(9-12)20-7-6-19-14/h2-5,8-10H,6-7,18H2,1H3/t10-/m0/s1. The lowest BCUT2D eigenvalue weighted by molar-refractivity contribution is 0.171. The van der Waals surface area contributed by atoms with Gasteiger partial charge >= 0.3 is 0 Å². The highest BCUT2D eigenvalue weighted by atomic mass is 35.5. The summed E-state index contributed by atoms with van der Waals surface area (Å²) in [7, 11) is 0. The minimum Gasteiger partial charge on any atom is -0.486 e. The summed E-state index contributed by atoms with van der Waals surface area (Å²) in [5.41, 5.74) is 6.90. The molecule has 0 aliphatic carbocycles. The Morgan fingerprint density at radius 1 is 1.10 bits per heavy atom. The highest BCUT2D eigenvalue weighted by Gasteiger charge is 2.13. The van der Waals surface area contributed by atoms with Gasteiger partial charge in [0.2, 0.25) is 0 Å². The number of hydrogen-bond acceptors (Lipinski definition) is 4. The second kappa shape index (κ2) is 6.18. The van der Waals surface area contributed by atoms with Crippen LogP contribution in [0.15, 0.2) is 46.2 Å². The lowest BCUT2D eigenvalue weighted by Gasteiger charge is -2.18. The predicted octanol–water partition coefficient (Wildman–Crippen LogP) is 4.28. The van der Waals surface area contributed by atoms with Crippen molar-refractivity contribution in [2.45, 2.75) is 22.8 Å². The summed E-state index contributed by atoms with van der Waals surface area (Å²) < 4.78 is 11.1. The fourth-order valence-corrected chi connectivity index (χ4v) is 3.25. The van der Waals surface area contributed by atoms with Crippen molar-refractivity contribution in [3.63, 3.8) is 0 Å². The lowest BCUT2D eigenvalue weighted by Crippen LogP contribution is -2.15. The first-order valence-electron chi connectivity index (χ1n) is 6.76. The van der Waals surface area contributed by atoms with E-state index in [9.17, 15) is 0 Å². The Kier molecular flexibility index (Phi) is 4.29. The van der Waals surface area contributed by atoms with Gasteiger partial charge in [-0.05, 0) is 42.8 Å². The van der Waals surface area contributed by atoms with Crippen LogP contribution in [0.1, 0.15) is 18.5 Å². The zero-order chi connectivity index (χ0) is 14.8. The summed E-state index contributed by atoms with van der Waals surface area (Å²) in [6, 6.07) is 11.8. The largest absolute Gasteiger partial charge is 0.486 e. The molecular formula is C16H16ClNO2S. The maximum atomic E-state index is 6.33. The maximum Gasteiger partial charge on any atom is 0.162 e. The van der Waals surface area contributed by atoms with Gasteiger partial charge in [0.05, 0.1) is 5.02 Å². The van der Waals surface area contributed by atoms with Crippen LogP contribution in [-0.4, -0.2) is 13.2 Å². The monoisotopic (exact) mass is 321 g/mol. The van der Waals surface area contributed by atoms with Crippen molar-refractivity contribution in [2.75, 3.05) is 13.2 Å². The molecule has 0 unspecified atom stereocenters. The number of halogens is 1. The molecule has 0 aromatic heterocycles. The van der Waals surface area contributed by atoms with Gasteiger partial charge in [0.25, 0.3) is 0 Å². The van der Waals surface area contributed by atoms with Crippen molar-refractivity contribution in [1.29, 1.82) is 0 Å². The Morgan fingerprint density at radius 2 is 1.86 bits per heavy atom. The van der Waals surface area contributed by atoms with Crippen LogP contribution < -0.4 is 15.2 Å². The summed E-state index contributed by atoms with van der Waals surface area (Å²) in [6.45, 7) is 3.13. The topological polar surface area (TPSA) is 44.5 Å². The van der Waals surface area contributed by atoms with E-state index < -0.39 is 0 Å². The van der Waals surface area contributed by atoms with Gasteiger partial charge in [-0.15, -0.1) is 0 Å². The molecule has 21 heavy (non-hydrogen) atoms. The highest BCUT2D eigenvalue weighted by Crippen LogP contribution is 2.39. The zero-order valence-electron chi connectivity index (χ0n) is 11.6. The molecule has 3 rings (SSSR count). The van der Waals surface area contributed by atoms with Crippen LogP contribution in [0.25, 0.3) is 0 Å². The van der Waals surface area contributed by atoms with Gasteiger partial charge in [0.1, 0.15) is 13.2 Å². The zero-order valence-corrected chi connectivity index (χ0v) is 13.2. The van der Waals surface area contributed by atoms with Crippen LogP contribution >= 0.6 is 23.4 Å². The smallest absolute Gasteiger partial charge is 0.162 e. The van der Waals surface area contributed by atoms with Crippen molar-refractivity contribution in [3.05, 3.63) is 47.0 Å². The Labute approximate surface area is 133 Å². The van der Waals surface area contributed by atoms with E-state index in [0.717, 1.165) is 26.9 Å². The van der Waals surface area contributed by atoms with Crippen molar-refractivity contribution >= 4 is 23.4 Å². The number of rotatable bonds is 3. The predicted molar refractivity (Wildman–Crippen MR) is 85.6 cm³/mol. The summed E-state index contributed by atoms with van der Waals surface area (Å²) in [4.78, 5) is 2.06. The molecule has 0 saturated heterocycles.